The first-order valence-electron chi connectivity index (χ1n) is 47.4. The molecule has 0 aliphatic rings. The number of allylic oxidation sites excluding steroid dienone is 4. The number of hydrogen-bond donors (Lipinski definition) is 4. The van der Waals surface area contributed by atoms with E-state index in [2.05, 4.69) is 254 Å². The molecule has 0 spiro atoms. The average Bonchev–Trinajstić information content (AvgIpc) is 1.63. The molecule has 2 atom stereocenters. The SMILES string of the molecule is C=CCc1cc(C(F)(F)F)nn1CC(=O)N[C@@H](Cc1cccc(Br)c1)C(=O)N(C)c1ccc(Cl)cc1.C=CCc1cc(C)nn1CC(=O)O.C=CCc1cc(C)nn1CC(=O)OC.C=C[CH2][Sn][CH2]CCC.CCCCCCCC.CN(C(=O)[C@@H](N)Cc1cccc(Br)c1)c1ccc(Cl)cc1.COC(=O)CBr.COC(=O)Cn1nc(C)cc1Br.Cc1cc(Br)n[nH]1.Cc1ccccc1-c1[c-]cccc1.[CH2-]CCC.[CH2-]CCC.[Pt]. The Balaban J connectivity index is 0. The Morgan fingerprint density at radius 3 is 1.37 bits per heavy atom. The first-order chi connectivity index (χ1) is 69.5. The minimum Gasteiger partial charge on any atom is -0.468 e. The Morgan fingerprint density at radius 2 is 0.993 bits per heavy atom. The van der Waals surface area contributed by atoms with Crippen LogP contribution in [0.1, 0.15) is 174 Å². The molecule has 37 heteroatoms. The number of aromatic amines is 1. The third-order valence-corrected chi connectivity index (χ3v) is 26.3. The molecule has 0 fully saturated rings. The van der Waals surface area contributed by atoms with E-state index < -0.39 is 48.3 Å². The molecule has 11 rings (SSSR count). The number of nitrogens with two attached hydrogens (primary N) is 1. The van der Waals surface area contributed by atoms with Crippen LogP contribution in [0.2, 0.25) is 18.9 Å². The molecule has 3 amide bonds. The maximum absolute atomic E-state index is 13.4. The Morgan fingerprint density at radius 1 is 0.551 bits per heavy atom. The van der Waals surface area contributed by atoms with Gasteiger partial charge in [-0.05, 0) is 187 Å². The fraction of sp³-hybridized carbons (Fsp3) is 0.382. The van der Waals surface area contributed by atoms with Crippen molar-refractivity contribution >= 4 is 177 Å². The number of aromatic nitrogens is 10. The van der Waals surface area contributed by atoms with Crippen LogP contribution in [-0.4, -0.2) is 170 Å². The van der Waals surface area contributed by atoms with Crippen LogP contribution < -0.4 is 20.9 Å². The van der Waals surface area contributed by atoms with Crippen LogP contribution in [0.25, 0.3) is 11.1 Å². The summed E-state index contributed by atoms with van der Waals surface area (Å²) in [6.45, 7) is 42.1. The van der Waals surface area contributed by atoms with Crippen molar-refractivity contribution in [2.45, 2.75) is 232 Å². The number of ether oxygens (including phenoxy) is 3. The number of rotatable bonds is 37. The van der Waals surface area contributed by atoms with Gasteiger partial charge in [0.2, 0.25) is 17.7 Å². The van der Waals surface area contributed by atoms with Gasteiger partial charge in [-0.25, -0.2) is 4.68 Å². The van der Waals surface area contributed by atoms with E-state index in [0.29, 0.717) is 35.0 Å². The van der Waals surface area contributed by atoms with Crippen LogP contribution in [0.4, 0.5) is 24.5 Å². The van der Waals surface area contributed by atoms with Crippen LogP contribution >= 0.6 is 103 Å². The average molecular weight is 2680 g/mol. The summed E-state index contributed by atoms with van der Waals surface area (Å²) in [5, 5.41) is 35.1. The smallest absolute Gasteiger partial charge is 0.327 e. The van der Waals surface area contributed by atoms with E-state index in [1.54, 1.807) is 99.5 Å². The Labute approximate surface area is 946 Å². The molecular weight excluding hydrogens is 2530 g/mol. The zero-order valence-corrected chi connectivity index (χ0v) is 102. The van der Waals surface area contributed by atoms with Gasteiger partial charge in [0.25, 0.3) is 0 Å². The fourth-order valence-electron chi connectivity index (χ4n) is 12.0. The second-order valence-corrected chi connectivity index (χ2v) is 41.0. The van der Waals surface area contributed by atoms with Gasteiger partial charge >= 0.3 is 92.5 Å². The summed E-state index contributed by atoms with van der Waals surface area (Å²) in [6, 6.07) is 55.3. The van der Waals surface area contributed by atoms with Gasteiger partial charge in [0.15, 0.2) is 5.69 Å². The van der Waals surface area contributed by atoms with Gasteiger partial charge in [-0.3, -0.25) is 52.7 Å². The number of H-pyrrole nitrogens is 1. The standard InChI is InChI=1S/C25H23BrClF3N4O2.C16H16BrClN2O.C13H11.C10H14N2O2.C9H12N2O2.C8H18.C7H9BrN2O2.C4H5BrN2.3C4H9.C3H5BrO2.C3H5.Pt.Sn/c1-3-5-20-14-22(25(28,29)30)32-34(20)15-23(35)31-21(13-16-6-4-7-17(26)12-16)24(36)33(2)19-10-8-18(27)9-11-19;1-20(14-7-5-13(18)6-8-14)16(21)15(19)10-11-3-2-4-12(17)9-11;1-11-7-5-6-10-13(11)12-8-3-2-4-9-12;1-4-5-9-6-8(2)11-12(9)7-10(13)14-3;1-3-4-8-5-7(2)10-11(8)6-9(12)13;1-3-5-7-8-6-4-2;1-5-3-6(8)10(9-5)4-7(11)12-2;1-3-2-4(5)7-6-3;3*1-3-4-2;1-6-3(5)2-4;1-3-2;;/h3-4,6-12,14,21H,1,5,13,15H2,2H3,(H,31,35);2-9,15H,10,19H2,1H3;2-8,10H,1H3;4,6H,1,5,7H2,2-3H3;3,5H,1,4,6H2,2H3,(H,12,13);3-8H2,1-2H3;3H,4H2,1-2H3;2H,1H3,(H,6,7);3*1,3-4H2,2H3;2H2,1H3;3H,1-2H2;;/q;;-1;;;;;;;2*-1;;;;/t21-;15-;;;;;;;;;;;;;/m00............./s1. The number of carbonyl (C=O) groups excluding carboxylic acids is 6. The number of hydrogen-bond acceptors (Lipinski definition) is 16. The molecule has 11 aromatic rings. The Kier molecular flexibility index (Phi) is 79.5. The van der Waals surface area contributed by atoms with Crippen LogP contribution in [-0.2, 0) is 133 Å². The monoisotopic (exact) mass is 2670 g/mol. The van der Waals surface area contributed by atoms with Crippen LogP contribution in [0.5, 0.6) is 0 Å². The Hall–Kier alpha value is -9.16. The van der Waals surface area contributed by atoms with Crippen LogP contribution in [0.3, 0.4) is 0 Å². The molecule has 0 unspecified atom stereocenters. The summed E-state index contributed by atoms with van der Waals surface area (Å²) in [6.07, 6.45) is 20.3. The number of benzene rings is 6. The molecule has 0 bridgehead atoms. The zero-order chi connectivity index (χ0) is 110. The van der Waals surface area contributed by atoms with Gasteiger partial charge in [0.1, 0.15) is 46.8 Å². The summed E-state index contributed by atoms with van der Waals surface area (Å²) >= 11 is 28.0. The summed E-state index contributed by atoms with van der Waals surface area (Å²) in [5.74, 6) is -2.92. The van der Waals surface area contributed by atoms with Crippen LogP contribution in [0.15, 0.2) is 245 Å². The maximum atomic E-state index is 13.4. The molecule has 0 aliphatic heterocycles. The number of aryl methyl sites for hydroxylation is 5. The number of likely N-dealkylation sites (N-methyl/N-ethyl adjacent to an activating group) is 2. The molecule has 5 aromatic heterocycles. The predicted octanol–water partition coefficient (Wildman–Crippen LogP) is 26.9. The second-order valence-electron chi connectivity index (χ2n) is 32.1. The van der Waals surface area contributed by atoms with E-state index in [1.165, 1.54) is 122 Å². The number of aliphatic carboxylic acids is 1. The number of alkyl halides is 4. The number of esters is 3. The number of nitrogens with one attached hydrogen (secondary N) is 2. The van der Waals surface area contributed by atoms with E-state index >= 15 is 0 Å². The van der Waals surface area contributed by atoms with E-state index in [9.17, 15) is 46.7 Å². The number of amides is 3. The van der Waals surface area contributed by atoms with Crippen molar-refractivity contribution in [2.24, 2.45) is 5.73 Å². The fourth-order valence-corrected chi connectivity index (χ4v) is 17.3. The largest absolute Gasteiger partial charge is 0.468 e. The molecule has 0 aliphatic carbocycles. The van der Waals surface area contributed by atoms with Gasteiger partial charge in [-0.15, -0.1) is 55.6 Å². The van der Waals surface area contributed by atoms with Gasteiger partial charge < -0.3 is 54.0 Å². The van der Waals surface area contributed by atoms with E-state index in [-0.39, 0.29) is 110 Å². The van der Waals surface area contributed by atoms with Gasteiger partial charge in [0.05, 0.1) is 44.5 Å². The summed E-state index contributed by atoms with van der Waals surface area (Å²) in [4.78, 5) is 83.9. The Bertz CT molecular complexity index is 5540. The van der Waals surface area contributed by atoms with Gasteiger partial charge in [0, 0.05) is 114 Å². The molecule has 6 aromatic carbocycles. The van der Waals surface area contributed by atoms with E-state index in [1.807, 2.05) is 113 Å². The van der Waals surface area contributed by atoms with Crippen molar-refractivity contribution in [3.63, 3.8) is 0 Å². The van der Waals surface area contributed by atoms with Gasteiger partial charge in [-0.1, -0.05) is 228 Å². The predicted molar refractivity (Wildman–Crippen MR) is 607 cm³/mol. The maximum Gasteiger partial charge on any atom is 0.327 e. The first-order valence-corrected chi connectivity index (χ1v) is 56.5. The van der Waals surface area contributed by atoms with Crippen molar-refractivity contribution in [1.82, 2.24) is 54.6 Å². The number of methoxy groups -OCH3 is 3. The quantitative estimate of drug-likeness (QED) is 0.00535. The van der Waals surface area contributed by atoms with Crippen molar-refractivity contribution in [2.75, 3.05) is 50.6 Å². The van der Waals surface area contributed by atoms with E-state index in [4.69, 9.17) is 34.0 Å². The topological polar surface area (TPSA) is 312 Å². The molecule has 0 saturated heterocycles. The van der Waals surface area contributed by atoms with Crippen molar-refractivity contribution in [1.29, 1.82) is 0 Å². The van der Waals surface area contributed by atoms with Crippen LogP contribution in [0, 0.1) is 54.5 Å². The third kappa shape index (κ3) is 63.6. The number of unbranched alkanes of at least 4 members (excludes halogenated alkanes) is 8. The van der Waals surface area contributed by atoms with Gasteiger partial charge in [-0.2, -0.15) is 51.5 Å². The van der Waals surface area contributed by atoms with Crippen molar-refractivity contribution < 1.29 is 87.1 Å². The molecule has 5 heterocycles. The minimum atomic E-state index is -4.65. The minimum absolute atomic E-state index is 0. The molecule has 147 heavy (non-hydrogen) atoms. The second kappa shape index (κ2) is 83.6. The first kappa shape index (κ1) is 140. The van der Waals surface area contributed by atoms with Crippen molar-refractivity contribution in [3.05, 3.63) is 337 Å². The zero-order valence-electron chi connectivity index (χ0n) is 87.0. The molecule has 808 valence electrons. The molecular formula is C110H145Br5Cl2F3N14O11PtSn-3. The summed E-state index contributed by atoms with van der Waals surface area (Å²) < 4.78 is 64.7. The van der Waals surface area contributed by atoms with Crippen molar-refractivity contribution in [3.8, 4) is 11.1 Å². The molecule has 0 saturated carbocycles. The number of carboxylic acid groups (broad SMARTS) is 1. The summed E-state index contributed by atoms with van der Waals surface area (Å²) in [5.41, 5.74) is 17.5. The third-order valence-electron chi connectivity index (χ3n) is 19.7. The van der Waals surface area contributed by atoms with E-state index in [0.717, 1.165) is 92.7 Å². The number of carbonyl (C=O) groups is 7. The summed E-state index contributed by atoms with van der Waals surface area (Å²) in [7, 11) is 7.35. The number of carboxylic acids is 1. The number of nitrogens with zero attached hydrogens (tertiary/aromatic N) is 11. The number of anilines is 2. The molecule has 5 N–H and O–H groups in total. The number of halogens is 10. The normalized spacial score (nSPS) is 10.4. The molecule has 25 nitrogen and oxygen atoms in total. The molecule has 2 radical (unpaired) electrons.